The third-order valence-electron chi connectivity index (χ3n) is 5.55. The minimum Gasteiger partial charge on any atom is -0.493 e. The zero-order valence-corrected chi connectivity index (χ0v) is 19.6. The number of amides is 3. The molecule has 0 spiro atoms. The quantitative estimate of drug-likeness (QED) is 0.466. The van der Waals surface area contributed by atoms with E-state index in [1.165, 1.54) is 6.07 Å². The Morgan fingerprint density at radius 3 is 2.03 bits per heavy atom. The average Bonchev–Trinajstić information content (AvgIpc) is 3.07. The predicted molar refractivity (Wildman–Crippen MR) is 114 cm³/mol. The van der Waals surface area contributed by atoms with Crippen LogP contribution in [0.2, 0.25) is 0 Å². The van der Waals surface area contributed by atoms with E-state index in [9.17, 15) is 14.4 Å². The third kappa shape index (κ3) is 2.44. The molecule has 0 unspecified atom stereocenters. The number of benzene rings is 1. The van der Waals surface area contributed by atoms with Crippen LogP contribution in [0, 0.1) is 11.8 Å². The summed E-state index contributed by atoms with van der Waals surface area (Å²) in [5.74, 6) is -4.80. The number of hydrogen-bond acceptors (Lipinski definition) is 4. The molecule has 12 heteroatoms. The number of nitrogens with zero attached hydrogens (tertiary/aromatic N) is 1. The van der Waals surface area contributed by atoms with E-state index < -0.39 is 43.6 Å². The second-order valence-corrected chi connectivity index (χ2v) is 10.2. The van der Waals surface area contributed by atoms with E-state index in [0.717, 1.165) is 0 Å². The molecule has 30 heavy (non-hydrogen) atoms. The van der Waals surface area contributed by atoms with Gasteiger partial charge in [0, 0.05) is 0 Å². The highest BCUT2D eigenvalue weighted by Gasteiger charge is 2.87. The molecule has 1 aromatic carbocycles. The van der Waals surface area contributed by atoms with Crippen LogP contribution in [0.4, 0.5) is 0 Å². The lowest BCUT2D eigenvalue weighted by atomic mass is 9.84. The first-order chi connectivity index (χ1) is 14.0. The average molecular weight is 533 g/mol. The molecule has 0 radical (unpaired) electrons. The van der Waals surface area contributed by atoms with Gasteiger partial charge in [0.05, 0.1) is 34.1 Å². The molecule has 2 bridgehead atoms. The molecule has 2 aliphatic carbocycles. The number of hydrazine groups is 1. The van der Waals surface area contributed by atoms with E-state index >= 15 is 0 Å². The van der Waals surface area contributed by atoms with E-state index in [2.05, 4.69) is 5.43 Å². The predicted octanol–water partition coefficient (Wildman–Crippen LogP) is 4.18. The highest BCUT2D eigenvalue weighted by Crippen LogP contribution is 2.77. The smallest absolute Gasteiger partial charge is 0.274 e. The lowest BCUT2D eigenvalue weighted by Gasteiger charge is -2.34. The van der Waals surface area contributed by atoms with E-state index in [-0.39, 0.29) is 21.4 Å². The molecule has 6 nitrogen and oxygen atoms in total. The maximum atomic E-state index is 13.1. The molecule has 1 aliphatic heterocycles. The molecule has 1 saturated carbocycles. The van der Waals surface area contributed by atoms with Crippen LogP contribution in [0.25, 0.3) is 0 Å². The Labute approximate surface area is 201 Å². The minimum atomic E-state index is -2.03. The Morgan fingerprint density at radius 1 is 1.03 bits per heavy atom. The van der Waals surface area contributed by atoms with E-state index in [4.69, 9.17) is 74.3 Å². The van der Waals surface area contributed by atoms with Crippen LogP contribution in [0.5, 0.6) is 5.75 Å². The van der Waals surface area contributed by atoms with Gasteiger partial charge in [0.2, 0.25) is 0 Å². The van der Waals surface area contributed by atoms with Gasteiger partial charge in [-0.15, -0.1) is 23.2 Å². The van der Waals surface area contributed by atoms with Crippen LogP contribution in [0.3, 0.4) is 0 Å². The van der Waals surface area contributed by atoms with E-state index in [0.29, 0.717) is 11.6 Å². The lowest BCUT2D eigenvalue weighted by molar-refractivity contribution is -0.143. The number of para-hydroxylation sites is 1. The van der Waals surface area contributed by atoms with Gasteiger partial charge in [-0.1, -0.05) is 58.5 Å². The highest BCUT2D eigenvalue weighted by molar-refractivity contribution is 6.66. The van der Waals surface area contributed by atoms with Crippen molar-refractivity contribution in [3.05, 3.63) is 39.9 Å². The molecule has 0 aromatic heterocycles. The largest absolute Gasteiger partial charge is 0.493 e. The number of carbonyl (C=O) groups excluding carboxylic acids is 3. The van der Waals surface area contributed by atoms with Crippen LogP contribution in [0.1, 0.15) is 17.3 Å². The molecule has 1 aromatic rings. The second-order valence-electron chi connectivity index (χ2n) is 6.96. The zero-order chi connectivity index (χ0) is 22.2. The van der Waals surface area contributed by atoms with E-state index in [1.54, 1.807) is 25.1 Å². The first-order valence-electron chi connectivity index (χ1n) is 8.68. The maximum absolute atomic E-state index is 13.1. The van der Waals surface area contributed by atoms with Crippen LogP contribution in [-0.4, -0.2) is 43.4 Å². The second kappa shape index (κ2) is 7.06. The standard InChI is InChI=1S/C18H12Cl6N2O4/c1-2-30-8-6-4-3-5-7(8)13(27)25-26-14(28)9-10(15(26)29)17(22)12(20)11(19)16(9,21)18(17,23)24/h3-6,9-10H,2H2,1H3,(H,25,27)/t9-,10-,16+,17+/m1/s1. The first kappa shape index (κ1) is 22.3. The van der Waals surface area contributed by atoms with Gasteiger partial charge < -0.3 is 4.74 Å². The van der Waals surface area contributed by atoms with Crippen molar-refractivity contribution in [3.63, 3.8) is 0 Å². The number of alkyl halides is 4. The summed E-state index contributed by atoms with van der Waals surface area (Å²) in [4.78, 5) is 35.2. The fraction of sp³-hybridized carbons (Fsp3) is 0.389. The van der Waals surface area contributed by atoms with Crippen LogP contribution in [-0.2, 0) is 9.59 Å². The van der Waals surface area contributed by atoms with Gasteiger partial charge in [-0.2, -0.15) is 5.01 Å². The molecule has 1 saturated heterocycles. The molecule has 2 fully saturated rings. The Hall–Kier alpha value is -0.890. The SMILES string of the molecule is CCOc1ccccc1C(=O)NN1C(=O)[C@H]2[C@H](C1=O)[C@]1(Cl)C(Cl)=C(Cl)[C@]2(Cl)C1(Cl)Cl. The molecule has 1 heterocycles. The van der Waals surface area contributed by atoms with Gasteiger partial charge in [-0.25, -0.2) is 0 Å². The molecule has 4 atom stereocenters. The summed E-state index contributed by atoms with van der Waals surface area (Å²) >= 11 is 38.5. The molecule has 160 valence electrons. The van der Waals surface area contributed by atoms with Gasteiger partial charge in [-0.3, -0.25) is 19.8 Å². The normalized spacial score (nSPS) is 33.9. The number of carbonyl (C=O) groups is 3. The molecular weight excluding hydrogens is 521 g/mol. The van der Waals surface area contributed by atoms with Gasteiger partial charge in [-0.05, 0) is 19.1 Å². The molecule has 3 aliphatic rings. The molecule has 1 N–H and O–H groups in total. The van der Waals surface area contributed by atoms with E-state index in [1.807, 2.05) is 0 Å². The lowest BCUT2D eigenvalue weighted by Crippen LogP contribution is -2.54. The van der Waals surface area contributed by atoms with Gasteiger partial charge in [0.1, 0.15) is 15.5 Å². The summed E-state index contributed by atoms with van der Waals surface area (Å²) < 4.78 is 3.38. The number of rotatable bonds is 4. The van der Waals surface area contributed by atoms with Crippen LogP contribution in [0.15, 0.2) is 34.3 Å². The number of allylic oxidation sites excluding steroid dienone is 2. The summed E-state index contributed by atoms with van der Waals surface area (Å²) in [7, 11) is 0. The summed E-state index contributed by atoms with van der Waals surface area (Å²) in [5.41, 5.74) is 2.41. The number of hydrogen-bond donors (Lipinski definition) is 1. The minimum absolute atomic E-state index is 0.124. The first-order valence-corrected chi connectivity index (χ1v) is 11.0. The maximum Gasteiger partial charge on any atom is 0.274 e. The summed E-state index contributed by atoms with van der Waals surface area (Å²) in [6.45, 7) is 2.07. The van der Waals surface area contributed by atoms with Crippen molar-refractivity contribution in [2.45, 2.75) is 21.0 Å². The number of nitrogens with one attached hydrogen (secondary N) is 1. The number of fused-ring (bicyclic) bond motifs is 5. The molecule has 4 rings (SSSR count). The molecular formula is C18H12Cl6N2O4. The Kier molecular flexibility index (Phi) is 5.25. The van der Waals surface area contributed by atoms with Crippen molar-refractivity contribution in [1.29, 1.82) is 0 Å². The Bertz CT molecular complexity index is 984. The van der Waals surface area contributed by atoms with Gasteiger partial charge in [0.15, 0.2) is 4.33 Å². The molecule has 3 amide bonds. The van der Waals surface area contributed by atoms with Crippen molar-refractivity contribution in [3.8, 4) is 5.75 Å². The topological polar surface area (TPSA) is 75.7 Å². The Balaban J connectivity index is 1.70. The fourth-order valence-electron chi connectivity index (χ4n) is 4.20. The van der Waals surface area contributed by atoms with Crippen LogP contribution >= 0.6 is 69.6 Å². The monoisotopic (exact) mass is 530 g/mol. The number of halogens is 6. The third-order valence-corrected chi connectivity index (χ3v) is 9.81. The number of ether oxygens (including phenoxy) is 1. The summed E-state index contributed by atoms with van der Waals surface area (Å²) in [6.07, 6.45) is 0. The highest BCUT2D eigenvalue weighted by atomic mass is 35.5. The van der Waals surface area contributed by atoms with Crippen molar-refractivity contribution >= 4 is 87.3 Å². The van der Waals surface area contributed by atoms with Crippen molar-refractivity contribution in [2.24, 2.45) is 11.8 Å². The summed E-state index contributed by atoms with van der Waals surface area (Å²) in [5, 5.41) is 0.142. The summed E-state index contributed by atoms with van der Waals surface area (Å²) in [6, 6.07) is 6.36. The van der Waals surface area contributed by atoms with Gasteiger partial charge >= 0.3 is 0 Å². The fourth-order valence-corrected chi connectivity index (χ4v) is 7.13. The Morgan fingerprint density at radius 2 is 1.53 bits per heavy atom. The van der Waals surface area contributed by atoms with Crippen LogP contribution < -0.4 is 10.2 Å². The zero-order valence-electron chi connectivity index (χ0n) is 15.0. The van der Waals surface area contributed by atoms with Crippen molar-refractivity contribution in [2.75, 3.05) is 6.61 Å². The van der Waals surface area contributed by atoms with Crippen molar-refractivity contribution in [1.82, 2.24) is 10.4 Å². The number of imide groups is 1. The van der Waals surface area contributed by atoms with Gasteiger partial charge in [0.25, 0.3) is 17.7 Å². The van der Waals surface area contributed by atoms with Crippen molar-refractivity contribution < 1.29 is 19.1 Å².